The summed E-state index contributed by atoms with van der Waals surface area (Å²) in [6.07, 6.45) is 4.14. The first-order chi connectivity index (χ1) is 14.6. The van der Waals surface area contributed by atoms with Crippen LogP contribution in [0.25, 0.3) is 0 Å². The number of methoxy groups -OCH3 is 1. The van der Waals surface area contributed by atoms with Crippen LogP contribution in [-0.4, -0.2) is 55.5 Å². The third-order valence-electron chi connectivity index (χ3n) is 5.08. The van der Waals surface area contributed by atoms with E-state index in [0.29, 0.717) is 11.5 Å². The van der Waals surface area contributed by atoms with Gasteiger partial charge in [-0.05, 0) is 35.7 Å². The molecule has 162 valence electrons. The zero-order valence-corrected chi connectivity index (χ0v) is 18.6. The van der Waals surface area contributed by atoms with Crippen molar-refractivity contribution in [3.05, 3.63) is 44.8 Å². The van der Waals surface area contributed by atoms with Crippen LogP contribution in [0.1, 0.15) is 46.3 Å². The maximum atomic E-state index is 13.2. The maximum absolute atomic E-state index is 13.2. The lowest BCUT2D eigenvalue weighted by molar-refractivity contribution is -0.141. The average Bonchev–Trinajstić information content (AvgIpc) is 3.51. The Morgan fingerprint density at radius 3 is 2.53 bits per heavy atom. The Labute approximate surface area is 184 Å². The van der Waals surface area contributed by atoms with Gasteiger partial charge in [-0.2, -0.15) is 0 Å². The van der Waals surface area contributed by atoms with Crippen LogP contribution in [0.5, 0.6) is 0 Å². The number of rotatable bonds is 10. The smallest absolute Gasteiger partial charge is 0.261 e. The molecule has 1 saturated carbocycles. The summed E-state index contributed by atoms with van der Waals surface area (Å²) >= 11 is 2.75. The molecule has 2 N–H and O–H groups in total. The second kappa shape index (κ2) is 11.2. The predicted octanol–water partition coefficient (Wildman–Crippen LogP) is 2.81. The number of hydrogen-bond donors (Lipinski definition) is 2. The lowest BCUT2D eigenvalue weighted by Gasteiger charge is -2.31. The molecule has 1 atom stereocenters. The fraction of sp³-hybridized carbons (Fsp3) is 0.476. The largest absolute Gasteiger partial charge is 0.383 e. The van der Waals surface area contributed by atoms with Gasteiger partial charge in [-0.15, -0.1) is 22.7 Å². The van der Waals surface area contributed by atoms with E-state index in [9.17, 15) is 14.4 Å². The summed E-state index contributed by atoms with van der Waals surface area (Å²) in [5.41, 5.74) is 0. The summed E-state index contributed by atoms with van der Waals surface area (Å²) in [5.74, 6) is -0.802. The lowest BCUT2D eigenvalue weighted by atomic mass is 10.1. The number of carbonyl (C=O) groups excluding carboxylic acids is 3. The van der Waals surface area contributed by atoms with E-state index >= 15 is 0 Å². The molecular weight excluding hydrogens is 422 g/mol. The maximum Gasteiger partial charge on any atom is 0.261 e. The molecule has 30 heavy (non-hydrogen) atoms. The molecular formula is C21H27N3O4S2. The number of ether oxygens (including phenoxy) is 1. The standard InChI is InChI=1S/C21H27N3O4S2/c1-28-11-10-24(18(25)14-22-20(26)17-9-5-13-30-17)19(16-8-4-12-29-16)21(27)23-15-6-2-3-7-15/h4-5,8-9,12-13,15,19H,2-3,6-7,10-11,14H2,1H3,(H,22,26)(H,23,27)/t19-/m0/s1. The van der Waals surface area contributed by atoms with Crippen molar-refractivity contribution in [2.24, 2.45) is 0 Å². The minimum atomic E-state index is -0.744. The van der Waals surface area contributed by atoms with E-state index < -0.39 is 6.04 Å². The highest BCUT2D eigenvalue weighted by atomic mass is 32.1. The van der Waals surface area contributed by atoms with Crippen LogP contribution in [0, 0.1) is 0 Å². The Kier molecular flexibility index (Phi) is 8.41. The van der Waals surface area contributed by atoms with Crippen LogP contribution in [0.4, 0.5) is 0 Å². The monoisotopic (exact) mass is 449 g/mol. The topological polar surface area (TPSA) is 87.7 Å². The second-order valence-electron chi connectivity index (χ2n) is 7.15. The van der Waals surface area contributed by atoms with Crippen LogP contribution >= 0.6 is 22.7 Å². The highest BCUT2D eigenvalue weighted by Crippen LogP contribution is 2.27. The first-order valence-electron chi connectivity index (χ1n) is 10.0. The first-order valence-corrected chi connectivity index (χ1v) is 11.8. The number of nitrogens with one attached hydrogen (secondary N) is 2. The van der Waals surface area contributed by atoms with Gasteiger partial charge in [0.25, 0.3) is 5.91 Å². The van der Waals surface area contributed by atoms with Crippen molar-refractivity contribution in [1.29, 1.82) is 0 Å². The van der Waals surface area contributed by atoms with Crippen molar-refractivity contribution in [3.8, 4) is 0 Å². The Balaban J connectivity index is 1.74. The van der Waals surface area contributed by atoms with E-state index in [4.69, 9.17) is 4.74 Å². The zero-order chi connectivity index (χ0) is 21.3. The van der Waals surface area contributed by atoms with E-state index in [1.165, 1.54) is 27.6 Å². The third kappa shape index (κ3) is 5.90. The molecule has 1 aliphatic carbocycles. The van der Waals surface area contributed by atoms with Gasteiger partial charge in [-0.25, -0.2) is 0 Å². The van der Waals surface area contributed by atoms with Gasteiger partial charge in [0.05, 0.1) is 18.0 Å². The molecule has 0 aliphatic heterocycles. The fourth-order valence-corrected chi connectivity index (χ4v) is 5.04. The highest BCUT2D eigenvalue weighted by Gasteiger charge is 2.33. The summed E-state index contributed by atoms with van der Waals surface area (Å²) in [6, 6.07) is 6.63. The summed E-state index contributed by atoms with van der Waals surface area (Å²) in [6.45, 7) is 0.368. The van der Waals surface area contributed by atoms with Crippen LogP contribution in [0.3, 0.4) is 0 Å². The number of nitrogens with zero attached hydrogens (tertiary/aromatic N) is 1. The minimum Gasteiger partial charge on any atom is -0.383 e. The zero-order valence-electron chi connectivity index (χ0n) is 17.0. The highest BCUT2D eigenvalue weighted by molar-refractivity contribution is 7.12. The van der Waals surface area contributed by atoms with Crippen LogP contribution in [-0.2, 0) is 14.3 Å². The molecule has 1 aliphatic rings. The average molecular weight is 450 g/mol. The summed E-state index contributed by atoms with van der Waals surface area (Å²) < 4.78 is 5.18. The van der Waals surface area contributed by atoms with Gasteiger partial charge in [0.2, 0.25) is 11.8 Å². The van der Waals surface area contributed by atoms with E-state index in [1.54, 1.807) is 19.2 Å². The number of amides is 3. The first kappa shape index (κ1) is 22.5. The van der Waals surface area contributed by atoms with Crippen molar-refractivity contribution in [3.63, 3.8) is 0 Å². The van der Waals surface area contributed by atoms with Gasteiger partial charge in [0, 0.05) is 24.6 Å². The van der Waals surface area contributed by atoms with Crippen molar-refractivity contribution < 1.29 is 19.1 Å². The molecule has 0 saturated heterocycles. The Bertz CT molecular complexity index is 817. The fourth-order valence-electron chi connectivity index (χ4n) is 3.56. The molecule has 2 aromatic heterocycles. The summed E-state index contributed by atoms with van der Waals surface area (Å²) in [7, 11) is 1.56. The predicted molar refractivity (Wildman–Crippen MR) is 118 cm³/mol. The van der Waals surface area contributed by atoms with Crippen molar-refractivity contribution in [2.45, 2.75) is 37.8 Å². The second-order valence-corrected chi connectivity index (χ2v) is 9.07. The van der Waals surface area contributed by atoms with Gasteiger partial charge < -0.3 is 20.3 Å². The minimum absolute atomic E-state index is 0.151. The van der Waals surface area contributed by atoms with E-state index in [-0.39, 0.29) is 36.9 Å². The Morgan fingerprint density at radius 1 is 1.17 bits per heavy atom. The van der Waals surface area contributed by atoms with Gasteiger partial charge in [-0.3, -0.25) is 14.4 Å². The molecule has 0 unspecified atom stereocenters. The van der Waals surface area contributed by atoms with Gasteiger partial charge >= 0.3 is 0 Å². The van der Waals surface area contributed by atoms with Gasteiger partial charge in [0.1, 0.15) is 6.04 Å². The van der Waals surface area contributed by atoms with E-state index in [0.717, 1.165) is 30.6 Å². The van der Waals surface area contributed by atoms with Gasteiger partial charge in [0.15, 0.2) is 0 Å². The molecule has 9 heteroatoms. The van der Waals surface area contributed by atoms with E-state index in [1.807, 2.05) is 22.9 Å². The molecule has 3 rings (SSSR count). The molecule has 1 fully saturated rings. The normalized spacial score (nSPS) is 15.0. The number of thiophene rings is 2. The number of carbonyl (C=O) groups is 3. The molecule has 0 aromatic carbocycles. The Morgan fingerprint density at radius 2 is 1.90 bits per heavy atom. The lowest BCUT2D eigenvalue weighted by Crippen LogP contribution is -2.49. The summed E-state index contributed by atoms with van der Waals surface area (Å²) in [5, 5.41) is 9.48. The van der Waals surface area contributed by atoms with Crippen LogP contribution in [0.2, 0.25) is 0 Å². The molecule has 0 spiro atoms. The SMILES string of the molecule is COCCN(C(=O)CNC(=O)c1cccs1)[C@H](C(=O)NC1CCCC1)c1cccs1. The Hall–Kier alpha value is -2.23. The summed E-state index contributed by atoms with van der Waals surface area (Å²) in [4.78, 5) is 41.4. The van der Waals surface area contributed by atoms with E-state index in [2.05, 4.69) is 10.6 Å². The van der Waals surface area contributed by atoms with Crippen molar-refractivity contribution >= 4 is 40.4 Å². The van der Waals surface area contributed by atoms with Crippen molar-refractivity contribution in [1.82, 2.24) is 15.5 Å². The molecule has 3 amide bonds. The van der Waals surface area contributed by atoms with Crippen molar-refractivity contribution in [2.75, 3.05) is 26.8 Å². The number of hydrogen-bond acceptors (Lipinski definition) is 6. The quantitative estimate of drug-likeness (QED) is 0.584. The third-order valence-corrected chi connectivity index (χ3v) is 6.87. The van der Waals surface area contributed by atoms with Gasteiger partial charge in [-0.1, -0.05) is 25.0 Å². The molecule has 0 radical (unpaired) electrons. The van der Waals surface area contributed by atoms with Crippen LogP contribution < -0.4 is 10.6 Å². The molecule has 0 bridgehead atoms. The molecule has 2 heterocycles. The van der Waals surface area contributed by atoms with Crippen LogP contribution in [0.15, 0.2) is 35.0 Å². The molecule has 2 aromatic rings. The molecule has 7 nitrogen and oxygen atoms in total.